The monoisotopic (exact) mass is 278 g/mol. The van der Waals surface area contributed by atoms with E-state index in [-0.39, 0.29) is 24.7 Å². The maximum Gasteiger partial charge on any atom is 0.253 e. The van der Waals surface area contributed by atoms with Gasteiger partial charge in [0.2, 0.25) is 0 Å². The zero-order valence-corrected chi connectivity index (χ0v) is 11.4. The van der Waals surface area contributed by atoms with Gasteiger partial charge in [0.25, 0.3) is 5.91 Å². The number of carbonyl (C=O) groups is 1. The molecule has 0 atom stereocenters. The van der Waals surface area contributed by atoms with Gasteiger partial charge in [-0.2, -0.15) is 5.26 Å². The molecule has 0 aliphatic carbocycles. The lowest BCUT2D eigenvalue weighted by Gasteiger charge is -2.38. The van der Waals surface area contributed by atoms with Gasteiger partial charge in [-0.05, 0) is 18.2 Å². The fraction of sp³-hybridized carbons (Fsp3) is 0.385. The van der Waals surface area contributed by atoms with E-state index in [1.54, 1.807) is 25.1 Å². The van der Waals surface area contributed by atoms with Crippen LogP contribution >= 0.6 is 0 Å². The number of carbonyl (C=O) groups excluding carboxylic acids is 1. The van der Waals surface area contributed by atoms with E-state index in [0.717, 1.165) is 0 Å². The number of likely N-dealkylation sites (tertiary alicyclic amines) is 1. The van der Waals surface area contributed by atoms with Crippen molar-refractivity contribution in [2.24, 2.45) is 0 Å². The Morgan fingerprint density at radius 2 is 2.16 bits per heavy atom. The van der Waals surface area contributed by atoms with Gasteiger partial charge in [-0.25, -0.2) is 8.42 Å². The zero-order chi connectivity index (χ0) is 14.0. The minimum Gasteiger partial charge on any atom is -0.336 e. The predicted molar refractivity (Wildman–Crippen MR) is 70.3 cm³/mol. The molecule has 2 rings (SSSR count). The number of rotatable bonds is 3. The van der Waals surface area contributed by atoms with E-state index in [0.29, 0.717) is 11.1 Å². The van der Waals surface area contributed by atoms with Crippen molar-refractivity contribution in [1.82, 2.24) is 4.90 Å². The number of sulfone groups is 1. The highest BCUT2D eigenvalue weighted by Crippen LogP contribution is 2.20. The van der Waals surface area contributed by atoms with Gasteiger partial charge in [0.15, 0.2) is 9.84 Å². The van der Waals surface area contributed by atoms with Gasteiger partial charge in [0, 0.05) is 24.4 Å². The van der Waals surface area contributed by atoms with Crippen LogP contribution in [-0.4, -0.2) is 43.3 Å². The fourth-order valence-corrected chi connectivity index (χ4v) is 3.26. The largest absolute Gasteiger partial charge is 0.336 e. The third kappa shape index (κ3) is 2.61. The molecule has 6 heteroatoms. The first kappa shape index (κ1) is 13.6. The van der Waals surface area contributed by atoms with E-state index in [9.17, 15) is 13.2 Å². The molecule has 1 aliphatic heterocycles. The quantitative estimate of drug-likeness (QED) is 0.820. The number of nitrogens with zero attached hydrogens (tertiary/aromatic N) is 2. The Balaban J connectivity index is 2.06. The van der Waals surface area contributed by atoms with Gasteiger partial charge < -0.3 is 4.90 Å². The van der Waals surface area contributed by atoms with Crippen molar-refractivity contribution in [3.63, 3.8) is 0 Å². The van der Waals surface area contributed by atoms with E-state index in [4.69, 9.17) is 5.26 Å². The number of hydrogen-bond donors (Lipinski definition) is 0. The van der Waals surface area contributed by atoms with Crippen molar-refractivity contribution >= 4 is 15.7 Å². The van der Waals surface area contributed by atoms with Gasteiger partial charge in [-0.3, -0.25) is 4.79 Å². The highest BCUT2D eigenvalue weighted by Gasteiger charge is 2.38. The van der Waals surface area contributed by atoms with Crippen molar-refractivity contribution in [2.45, 2.75) is 12.2 Å². The van der Waals surface area contributed by atoms with Crippen molar-refractivity contribution in [2.75, 3.05) is 18.8 Å². The Morgan fingerprint density at radius 3 is 2.74 bits per heavy atom. The Morgan fingerprint density at radius 1 is 1.47 bits per heavy atom. The van der Waals surface area contributed by atoms with E-state index < -0.39 is 15.1 Å². The summed E-state index contributed by atoms with van der Waals surface area (Å²) in [7, 11) is -3.07. The molecule has 1 saturated heterocycles. The Hall–Kier alpha value is -1.87. The third-order valence-electron chi connectivity index (χ3n) is 3.28. The number of benzene rings is 1. The molecule has 0 saturated carbocycles. The highest BCUT2D eigenvalue weighted by atomic mass is 32.2. The van der Waals surface area contributed by atoms with Crippen LogP contribution in [0.2, 0.25) is 0 Å². The minimum atomic E-state index is -3.07. The molecule has 100 valence electrons. The standard InChI is InChI=1S/C13H14N2O3S/c1-2-19(17,18)12-8-15(9-12)13(16)11-5-3-4-10(6-11)7-14/h3-6,12H,2,8-9H2,1H3. The molecule has 0 radical (unpaired) electrons. The molecule has 1 aromatic carbocycles. The Kier molecular flexibility index (Phi) is 3.58. The molecule has 0 N–H and O–H groups in total. The van der Waals surface area contributed by atoms with Crippen LogP contribution in [0.1, 0.15) is 22.8 Å². The average Bonchev–Trinajstić information content (AvgIpc) is 2.36. The summed E-state index contributed by atoms with van der Waals surface area (Å²) < 4.78 is 23.2. The Labute approximate surface area is 112 Å². The summed E-state index contributed by atoms with van der Waals surface area (Å²) in [5, 5.41) is 8.34. The molecule has 1 aromatic rings. The van der Waals surface area contributed by atoms with Crippen LogP contribution in [0.4, 0.5) is 0 Å². The van der Waals surface area contributed by atoms with Crippen LogP contribution in [0.3, 0.4) is 0 Å². The smallest absolute Gasteiger partial charge is 0.253 e. The molecular formula is C13H14N2O3S. The number of nitriles is 1. The molecule has 0 spiro atoms. The van der Waals surface area contributed by atoms with Crippen LogP contribution < -0.4 is 0 Å². The van der Waals surface area contributed by atoms with E-state index in [1.807, 2.05) is 6.07 Å². The van der Waals surface area contributed by atoms with Crippen LogP contribution in [0, 0.1) is 11.3 Å². The lowest BCUT2D eigenvalue weighted by atomic mass is 10.1. The molecule has 0 unspecified atom stereocenters. The van der Waals surface area contributed by atoms with Gasteiger partial charge in [0.1, 0.15) is 0 Å². The first-order valence-electron chi connectivity index (χ1n) is 5.99. The highest BCUT2D eigenvalue weighted by molar-refractivity contribution is 7.92. The maximum atomic E-state index is 12.1. The molecule has 1 heterocycles. The lowest BCUT2D eigenvalue weighted by molar-refractivity contribution is 0.0659. The van der Waals surface area contributed by atoms with Crippen molar-refractivity contribution in [3.8, 4) is 6.07 Å². The predicted octanol–water partition coefficient (Wildman–Crippen LogP) is 0.817. The van der Waals surface area contributed by atoms with Gasteiger partial charge in [-0.1, -0.05) is 13.0 Å². The van der Waals surface area contributed by atoms with Gasteiger partial charge in [0.05, 0.1) is 16.9 Å². The zero-order valence-electron chi connectivity index (χ0n) is 10.5. The van der Waals surface area contributed by atoms with Crippen molar-refractivity contribution < 1.29 is 13.2 Å². The number of hydrogen-bond acceptors (Lipinski definition) is 4. The van der Waals surface area contributed by atoms with Crippen LogP contribution in [0.15, 0.2) is 24.3 Å². The van der Waals surface area contributed by atoms with Gasteiger partial charge in [-0.15, -0.1) is 0 Å². The molecular weight excluding hydrogens is 264 g/mol. The van der Waals surface area contributed by atoms with Crippen LogP contribution in [-0.2, 0) is 9.84 Å². The lowest BCUT2D eigenvalue weighted by Crippen LogP contribution is -2.57. The maximum absolute atomic E-state index is 12.1. The summed E-state index contributed by atoms with van der Waals surface area (Å²) in [5.41, 5.74) is 0.843. The van der Waals surface area contributed by atoms with E-state index in [2.05, 4.69) is 0 Å². The molecule has 1 amide bonds. The first-order chi connectivity index (χ1) is 8.97. The van der Waals surface area contributed by atoms with Crippen molar-refractivity contribution in [3.05, 3.63) is 35.4 Å². The topological polar surface area (TPSA) is 78.2 Å². The number of amides is 1. The second-order valence-electron chi connectivity index (χ2n) is 4.48. The first-order valence-corrected chi connectivity index (χ1v) is 7.70. The summed E-state index contributed by atoms with van der Waals surface area (Å²) in [6.07, 6.45) is 0. The summed E-state index contributed by atoms with van der Waals surface area (Å²) >= 11 is 0. The molecule has 1 aliphatic rings. The van der Waals surface area contributed by atoms with Gasteiger partial charge >= 0.3 is 0 Å². The molecule has 1 fully saturated rings. The van der Waals surface area contributed by atoms with E-state index >= 15 is 0 Å². The second-order valence-corrected chi connectivity index (χ2v) is 7.05. The SMILES string of the molecule is CCS(=O)(=O)C1CN(C(=O)c2cccc(C#N)c2)C1. The fourth-order valence-electron chi connectivity index (χ4n) is 1.97. The average molecular weight is 278 g/mol. The van der Waals surface area contributed by atoms with Crippen molar-refractivity contribution in [1.29, 1.82) is 5.26 Å². The molecule has 19 heavy (non-hydrogen) atoms. The molecule has 0 aromatic heterocycles. The molecule has 0 bridgehead atoms. The second kappa shape index (κ2) is 5.02. The van der Waals surface area contributed by atoms with Crippen LogP contribution in [0.25, 0.3) is 0 Å². The van der Waals surface area contributed by atoms with Crippen LogP contribution in [0.5, 0.6) is 0 Å². The summed E-state index contributed by atoms with van der Waals surface area (Å²) in [5.74, 6) is -0.122. The van der Waals surface area contributed by atoms with E-state index in [1.165, 1.54) is 11.0 Å². The normalized spacial score (nSPS) is 15.7. The third-order valence-corrected chi connectivity index (χ3v) is 5.40. The summed E-state index contributed by atoms with van der Waals surface area (Å²) in [4.78, 5) is 13.6. The summed E-state index contributed by atoms with van der Waals surface area (Å²) in [6.45, 7) is 2.09. The minimum absolute atomic E-state index is 0.101. The molecule has 5 nitrogen and oxygen atoms in total. The summed E-state index contributed by atoms with van der Waals surface area (Å²) in [6, 6.07) is 8.39. The Bertz CT molecular complexity index is 640.